The van der Waals surface area contributed by atoms with Crippen molar-refractivity contribution in [1.29, 1.82) is 0 Å². The predicted molar refractivity (Wildman–Crippen MR) is 48.3 cm³/mol. The molecule has 0 saturated carbocycles. The van der Waals surface area contributed by atoms with E-state index < -0.39 is 0 Å². The largest absolute Gasteiger partial charge is 0.437 e. The maximum atomic E-state index is 5.32. The Hall–Kier alpha value is -0.190. The molecule has 0 aliphatic heterocycles. The van der Waals surface area contributed by atoms with Crippen LogP contribution in [-0.4, -0.2) is 17.8 Å². The monoisotopic (exact) mass is 194 g/mol. The highest BCUT2D eigenvalue weighted by Gasteiger charge is 1.99. The molecule has 1 heterocycles. The molecule has 1 aromatic heterocycles. The lowest BCUT2D eigenvalue weighted by atomic mass is 10.4. The van der Waals surface area contributed by atoms with Crippen LogP contribution >= 0.6 is 24.2 Å². The average molecular weight is 195 g/mol. The van der Waals surface area contributed by atoms with Crippen LogP contribution in [0.4, 0.5) is 0 Å². The molecule has 1 rings (SSSR count). The Morgan fingerprint density at radius 1 is 1.73 bits per heavy atom. The van der Waals surface area contributed by atoms with Gasteiger partial charge in [-0.05, 0) is 12.8 Å². The van der Waals surface area contributed by atoms with E-state index in [1.807, 2.05) is 6.26 Å². The standard InChI is InChI=1S/C6H10N2OS.ClH/c1-10-6-8-4-5(9-6)2-3-7;/h4H,2-3,7H2,1H3;1H. The second kappa shape index (κ2) is 5.46. The molecule has 3 nitrogen and oxygen atoms in total. The summed E-state index contributed by atoms with van der Waals surface area (Å²) in [5.74, 6) is 0.867. The Kier molecular flexibility index (Phi) is 5.36. The number of halogens is 1. The van der Waals surface area contributed by atoms with Crippen molar-refractivity contribution in [3.05, 3.63) is 12.0 Å². The Labute approximate surface area is 76.2 Å². The lowest BCUT2D eigenvalue weighted by Gasteiger charge is -1.87. The molecule has 0 bridgehead atoms. The first-order valence-corrected chi connectivity index (χ1v) is 4.28. The molecule has 1 aromatic rings. The zero-order chi connectivity index (χ0) is 7.40. The van der Waals surface area contributed by atoms with Gasteiger partial charge >= 0.3 is 0 Å². The Balaban J connectivity index is 0.000001000. The molecule has 0 radical (unpaired) electrons. The molecule has 0 aliphatic carbocycles. The normalized spacial score (nSPS) is 9.27. The quantitative estimate of drug-likeness (QED) is 0.738. The number of thioether (sulfide) groups is 1. The highest BCUT2D eigenvalue weighted by atomic mass is 35.5. The number of nitrogens with two attached hydrogens (primary N) is 1. The minimum absolute atomic E-state index is 0. The van der Waals surface area contributed by atoms with Gasteiger partial charge in [0, 0.05) is 6.42 Å². The molecule has 0 amide bonds. The molecule has 64 valence electrons. The van der Waals surface area contributed by atoms with E-state index in [0.29, 0.717) is 11.8 Å². The van der Waals surface area contributed by atoms with E-state index in [4.69, 9.17) is 10.2 Å². The van der Waals surface area contributed by atoms with Gasteiger partial charge in [0.1, 0.15) is 5.76 Å². The van der Waals surface area contributed by atoms with Crippen LogP contribution in [0.15, 0.2) is 15.8 Å². The van der Waals surface area contributed by atoms with Crippen LogP contribution in [0.25, 0.3) is 0 Å². The van der Waals surface area contributed by atoms with Crippen molar-refractivity contribution < 1.29 is 4.42 Å². The second-order valence-electron chi connectivity index (χ2n) is 1.84. The van der Waals surface area contributed by atoms with Crippen molar-refractivity contribution in [3.8, 4) is 0 Å². The Morgan fingerprint density at radius 3 is 2.91 bits per heavy atom. The summed E-state index contributed by atoms with van der Waals surface area (Å²) in [6.45, 7) is 0.614. The van der Waals surface area contributed by atoms with Crippen molar-refractivity contribution in [2.24, 2.45) is 5.73 Å². The van der Waals surface area contributed by atoms with Crippen molar-refractivity contribution in [2.45, 2.75) is 11.6 Å². The first kappa shape index (κ1) is 10.8. The summed E-state index contributed by atoms with van der Waals surface area (Å²) in [5.41, 5.74) is 5.32. The molecule has 0 aliphatic rings. The smallest absolute Gasteiger partial charge is 0.255 e. The van der Waals surface area contributed by atoms with E-state index in [1.54, 1.807) is 6.20 Å². The Bertz CT molecular complexity index is 204. The summed E-state index contributed by atoms with van der Waals surface area (Å²) in [6, 6.07) is 0. The molecule has 0 fully saturated rings. The number of oxazole rings is 1. The van der Waals surface area contributed by atoms with E-state index in [1.165, 1.54) is 11.8 Å². The molecule has 2 N–H and O–H groups in total. The Morgan fingerprint density at radius 2 is 2.45 bits per heavy atom. The SMILES string of the molecule is CSc1ncc(CCN)o1.Cl. The van der Waals surface area contributed by atoms with Crippen molar-refractivity contribution >= 4 is 24.2 Å². The van der Waals surface area contributed by atoms with Gasteiger partial charge < -0.3 is 10.2 Å². The van der Waals surface area contributed by atoms with Gasteiger partial charge in [0.05, 0.1) is 6.20 Å². The lowest BCUT2D eigenvalue weighted by molar-refractivity contribution is 0.418. The maximum Gasteiger partial charge on any atom is 0.255 e. The van der Waals surface area contributed by atoms with E-state index in [0.717, 1.165) is 12.2 Å². The van der Waals surface area contributed by atoms with Crippen LogP contribution in [0.3, 0.4) is 0 Å². The molecular formula is C6H11ClN2OS. The van der Waals surface area contributed by atoms with Gasteiger partial charge in [-0.2, -0.15) is 0 Å². The third-order valence-corrected chi connectivity index (χ3v) is 1.64. The molecule has 0 saturated heterocycles. The van der Waals surface area contributed by atoms with Crippen LogP contribution in [0.5, 0.6) is 0 Å². The topological polar surface area (TPSA) is 52.0 Å². The molecule has 0 unspecified atom stereocenters. The van der Waals surface area contributed by atoms with Crippen LogP contribution in [-0.2, 0) is 6.42 Å². The van der Waals surface area contributed by atoms with Crippen molar-refractivity contribution in [1.82, 2.24) is 4.98 Å². The number of rotatable bonds is 3. The molecule has 0 aromatic carbocycles. The number of hydrogen-bond donors (Lipinski definition) is 1. The minimum atomic E-state index is 0. The van der Waals surface area contributed by atoms with Gasteiger partial charge in [0.15, 0.2) is 0 Å². The third-order valence-electron chi connectivity index (χ3n) is 1.10. The predicted octanol–water partition coefficient (Wildman–Crippen LogP) is 1.32. The zero-order valence-electron chi connectivity index (χ0n) is 6.24. The van der Waals surface area contributed by atoms with E-state index >= 15 is 0 Å². The van der Waals surface area contributed by atoms with Crippen molar-refractivity contribution in [2.75, 3.05) is 12.8 Å². The van der Waals surface area contributed by atoms with Gasteiger partial charge in [-0.15, -0.1) is 12.4 Å². The third kappa shape index (κ3) is 3.14. The summed E-state index contributed by atoms with van der Waals surface area (Å²) in [5, 5.41) is 0.712. The minimum Gasteiger partial charge on any atom is -0.437 e. The first-order valence-electron chi connectivity index (χ1n) is 3.05. The summed E-state index contributed by atoms with van der Waals surface area (Å²) in [7, 11) is 0. The van der Waals surface area contributed by atoms with E-state index in [9.17, 15) is 0 Å². The number of hydrogen-bond acceptors (Lipinski definition) is 4. The molecule has 11 heavy (non-hydrogen) atoms. The fraction of sp³-hybridized carbons (Fsp3) is 0.500. The highest BCUT2D eigenvalue weighted by Crippen LogP contribution is 2.13. The van der Waals surface area contributed by atoms with E-state index in [-0.39, 0.29) is 12.4 Å². The average Bonchev–Trinajstić information content (AvgIpc) is 2.37. The summed E-state index contributed by atoms with van der Waals surface area (Å²) in [6.07, 6.45) is 4.42. The molecule has 5 heteroatoms. The van der Waals surface area contributed by atoms with Gasteiger partial charge in [-0.1, -0.05) is 11.8 Å². The van der Waals surface area contributed by atoms with Crippen molar-refractivity contribution in [3.63, 3.8) is 0 Å². The molecule has 0 spiro atoms. The lowest BCUT2D eigenvalue weighted by Crippen LogP contribution is -2.01. The van der Waals surface area contributed by atoms with Crippen LogP contribution in [0, 0.1) is 0 Å². The van der Waals surface area contributed by atoms with Crippen LogP contribution in [0.1, 0.15) is 5.76 Å². The molecule has 0 atom stereocenters. The van der Waals surface area contributed by atoms with Gasteiger partial charge in [-0.25, -0.2) is 4.98 Å². The zero-order valence-corrected chi connectivity index (χ0v) is 7.87. The summed E-state index contributed by atoms with van der Waals surface area (Å²) >= 11 is 1.50. The van der Waals surface area contributed by atoms with Gasteiger partial charge in [0.25, 0.3) is 5.22 Å². The fourth-order valence-corrected chi connectivity index (χ4v) is 0.990. The van der Waals surface area contributed by atoms with Gasteiger partial charge in [-0.3, -0.25) is 0 Å². The number of aromatic nitrogens is 1. The molecular weight excluding hydrogens is 184 g/mol. The first-order chi connectivity index (χ1) is 4.86. The van der Waals surface area contributed by atoms with E-state index in [2.05, 4.69) is 4.98 Å². The summed E-state index contributed by atoms with van der Waals surface area (Å²) in [4.78, 5) is 3.99. The van der Waals surface area contributed by atoms with Crippen LogP contribution < -0.4 is 5.73 Å². The van der Waals surface area contributed by atoms with Gasteiger partial charge in [0.2, 0.25) is 0 Å². The number of nitrogens with zero attached hydrogens (tertiary/aromatic N) is 1. The highest BCUT2D eigenvalue weighted by molar-refractivity contribution is 7.98. The fourth-order valence-electron chi connectivity index (χ4n) is 0.642. The maximum absolute atomic E-state index is 5.32. The summed E-state index contributed by atoms with van der Waals surface area (Å²) < 4.78 is 5.25. The van der Waals surface area contributed by atoms with Crippen LogP contribution in [0.2, 0.25) is 0 Å². The second-order valence-corrected chi connectivity index (χ2v) is 2.59.